The minimum absolute atomic E-state index is 0.407. The molecule has 0 N–H and O–H groups in total. The lowest BCUT2D eigenvalue weighted by molar-refractivity contribution is -0.233. The Labute approximate surface area is 164 Å². The highest BCUT2D eigenvalue weighted by molar-refractivity contribution is 5.53. The number of rotatable bonds is 6. The van der Waals surface area contributed by atoms with Gasteiger partial charge in [0.15, 0.2) is 11.5 Å². The van der Waals surface area contributed by atoms with E-state index in [9.17, 15) is 4.79 Å². The van der Waals surface area contributed by atoms with E-state index in [2.05, 4.69) is 6.92 Å². The topological polar surface area (TPSA) is 67.1 Å². The van der Waals surface area contributed by atoms with E-state index in [1.54, 1.807) is 27.2 Å². The molecule has 0 fully saturated rings. The van der Waals surface area contributed by atoms with Crippen LogP contribution in [0.2, 0.25) is 0 Å². The molecule has 2 aliphatic rings. The second-order valence-corrected chi connectivity index (χ2v) is 7.47. The summed E-state index contributed by atoms with van der Waals surface area (Å²) < 4.78 is 29.0. The maximum absolute atomic E-state index is 12.7. The van der Waals surface area contributed by atoms with Gasteiger partial charge in [-0.05, 0) is 36.6 Å². The molecule has 2 aliphatic heterocycles. The van der Waals surface area contributed by atoms with Crippen LogP contribution in [0.3, 0.4) is 0 Å². The molecule has 0 amide bonds. The Morgan fingerprint density at radius 2 is 1.89 bits per heavy atom. The monoisotopic (exact) mass is 386 g/mol. The average Bonchev–Trinajstić information content (AvgIpc) is 2.66. The van der Waals surface area contributed by atoms with Crippen molar-refractivity contribution in [2.75, 3.05) is 14.2 Å². The lowest BCUT2D eigenvalue weighted by atomic mass is 9.85. The van der Waals surface area contributed by atoms with Crippen LogP contribution in [-0.4, -0.2) is 20.0 Å². The third-order valence-electron chi connectivity index (χ3n) is 5.51. The molecule has 1 aromatic carbocycles. The van der Waals surface area contributed by atoms with E-state index < -0.39 is 17.5 Å². The number of benzene rings is 1. The third-order valence-corrected chi connectivity index (χ3v) is 5.51. The highest BCUT2D eigenvalue weighted by Crippen LogP contribution is 2.50. The summed E-state index contributed by atoms with van der Waals surface area (Å²) in [5.41, 5.74) is 1.91. The minimum Gasteiger partial charge on any atom is -0.493 e. The first-order valence-electron chi connectivity index (χ1n) is 9.76. The van der Waals surface area contributed by atoms with Gasteiger partial charge in [0, 0.05) is 18.9 Å². The zero-order valence-electron chi connectivity index (χ0n) is 16.8. The fourth-order valence-corrected chi connectivity index (χ4v) is 4.18. The molecule has 2 bridgehead atoms. The first-order chi connectivity index (χ1) is 13.5. The lowest BCUT2D eigenvalue weighted by Gasteiger charge is -2.46. The normalized spacial score (nSPS) is 22.1. The molecule has 28 heavy (non-hydrogen) atoms. The van der Waals surface area contributed by atoms with Gasteiger partial charge in [0.05, 0.1) is 14.2 Å². The molecular formula is C22H26O6. The summed E-state index contributed by atoms with van der Waals surface area (Å²) in [7, 11) is 3.21. The molecule has 150 valence electrons. The maximum atomic E-state index is 12.7. The van der Waals surface area contributed by atoms with Crippen molar-refractivity contribution in [1.29, 1.82) is 0 Å². The number of ether oxygens (including phenoxy) is 4. The Morgan fingerprint density at radius 3 is 2.61 bits per heavy atom. The maximum Gasteiger partial charge on any atom is 0.345 e. The predicted molar refractivity (Wildman–Crippen MR) is 103 cm³/mol. The molecule has 0 aliphatic carbocycles. The van der Waals surface area contributed by atoms with E-state index in [0.29, 0.717) is 35.0 Å². The largest absolute Gasteiger partial charge is 0.493 e. The average molecular weight is 386 g/mol. The summed E-state index contributed by atoms with van der Waals surface area (Å²) in [4.78, 5) is 12.7. The van der Waals surface area contributed by atoms with E-state index in [4.69, 9.17) is 23.4 Å². The van der Waals surface area contributed by atoms with Crippen molar-refractivity contribution >= 4 is 0 Å². The zero-order valence-corrected chi connectivity index (χ0v) is 16.8. The van der Waals surface area contributed by atoms with E-state index in [0.717, 1.165) is 36.8 Å². The molecule has 0 radical (unpaired) electrons. The van der Waals surface area contributed by atoms with Gasteiger partial charge in [0.1, 0.15) is 23.2 Å². The summed E-state index contributed by atoms with van der Waals surface area (Å²) in [6.07, 6.45) is 3.99. The van der Waals surface area contributed by atoms with Crippen LogP contribution in [0.5, 0.6) is 17.2 Å². The van der Waals surface area contributed by atoms with Crippen LogP contribution in [-0.2, 0) is 11.2 Å². The second-order valence-electron chi connectivity index (χ2n) is 7.47. The molecule has 6 nitrogen and oxygen atoms in total. The van der Waals surface area contributed by atoms with Crippen LogP contribution >= 0.6 is 0 Å². The summed E-state index contributed by atoms with van der Waals surface area (Å²) >= 11 is 0. The molecule has 3 heterocycles. The lowest BCUT2D eigenvalue weighted by Crippen LogP contribution is -2.50. The zero-order chi connectivity index (χ0) is 19.9. The van der Waals surface area contributed by atoms with Crippen LogP contribution in [0.25, 0.3) is 0 Å². The Bertz CT molecular complexity index is 947. The van der Waals surface area contributed by atoms with Gasteiger partial charge in [0.2, 0.25) is 5.79 Å². The van der Waals surface area contributed by atoms with Crippen molar-refractivity contribution in [3.63, 3.8) is 0 Å². The molecule has 2 aromatic rings. The van der Waals surface area contributed by atoms with E-state index in [-0.39, 0.29) is 0 Å². The fourth-order valence-electron chi connectivity index (χ4n) is 4.18. The smallest absolute Gasteiger partial charge is 0.345 e. The Kier molecular flexibility index (Phi) is 4.83. The molecule has 1 aromatic heterocycles. The molecule has 0 saturated carbocycles. The summed E-state index contributed by atoms with van der Waals surface area (Å²) in [6, 6.07) is 5.64. The minimum atomic E-state index is -0.792. The summed E-state index contributed by atoms with van der Waals surface area (Å²) in [6.45, 7) is 3.92. The van der Waals surface area contributed by atoms with Crippen molar-refractivity contribution in [3.8, 4) is 17.2 Å². The molecule has 6 heteroatoms. The van der Waals surface area contributed by atoms with Crippen molar-refractivity contribution in [3.05, 3.63) is 51.1 Å². The Morgan fingerprint density at radius 1 is 1.14 bits per heavy atom. The van der Waals surface area contributed by atoms with Gasteiger partial charge in [-0.1, -0.05) is 19.8 Å². The van der Waals surface area contributed by atoms with Gasteiger partial charge in [0.25, 0.3) is 0 Å². The van der Waals surface area contributed by atoms with Crippen LogP contribution in [0, 0.1) is 6.92 Å². The van der Waals surface area contributed by atoms with Crippen molar-refractivity contribution in [2.45, 2.75) is 57.8 Å². The summed E-state index contributed by atoms with van der Waals surface area (Å²) in [5, 5.41) is 0. The van der Waals surface area contributed by atoms with Crippen LogP contribution in [0.1, 0.15) is 61.2 Å². The van der Waals surface area contributed by atoms with Gasteiger partial charge in [-0.2, -0.15) is 0 Å². The fraction of sp³-hybridized carbons (Fsp3) is 0.500. The van der Waals surface area contributed by atoms with Crippen molar-refractivity contribution in [2.24, 2.45) is 0 Å². The van der Waals surface area contributed by atoms with Gasteiger partial charge < -0.3 is 23.4 Å². The standard InChI is InChI=1S/C22H26O6/c1-5-6-7-8-22-12-14-10-16(24-3)17(25-4)11-15(14)20(28-22)19-18(27-22)9-13(2)26-21(19)23/h9-11,20H,5-8,12H2,1-4H3/t20-,22+/m0/s1. The first-order valence-corrected chi connectivity index (χ1v) is 9.76. The quantitative estimate of drug-likeness (QED) is 0.690. The number of fused-ring (bicyclic) bond motifs is 6. The molecule has 0 saturated heterocycles. The molecule has 2 atom stereocenters. The number of hydrogen-bond acceptors (Lipinski definition) is 6. The highest BCUT2D eigenvalue weighted by atomic mass is 16.7. The predicted octanol–water partition coefficient (Wildman–Crippen LogP) is 4.30. The molecule has 0 unspecified atom stereocenters. The van der Waals surface area contributed by atoms with E-state index in [1.165, 1.54) is 0 Å². The molecule has 4 rings (SSSR count). The highest BCUT2D eigenvalue weighted by Gasteiger charge is 2.49. The number of unbranched alkanes of at least 4 members (excludes halogenated alkanes) is 2. The SMILES string of the molecule is CCCCC[C@]12Cc3cc(OC)c(OC)cc3[C@H](O1)c1c(cc(C)oc1=O)O2. The van der Waals surface area contributed by atoms with Crippen molar-refractivity contribution < 1.29 is 23.4 Å². The van der Waals surface area contributed by atoms with Crippen molar-refractivity contribution in [1.82, 2.24) is 0 Å². The van der Waals surface area contributed by atoms with Crippen LogP contribution in [0.4, 0.5) is 0 Å². The van der Waals surface area contributed by atoms with E-state index >= 15 is 0 Å². The first kappa shape index (κ1) is 18.9. The van der Waals surface area contributed by atoms with E-state index in [1.807, 2.05) is 12.1 Å². The summed E-state index contributed by atoms with van der Waals surface area (Å²) in [5.74, 6) is 1.55. The third kappa shape index (κ3) is 3.05. The number of methoxy groups -OCH3 is 2. The van der Waals surface area contributed by atoms with Crippen LogP contribution < -0.4 is 19.8 Å². The Balaban J connectivity index is 1.88. The number of aryl methyl sites for hydroxylation is 1. The molecule has 0 spiro atoms. The van der Waals surface area contributed by atoms with Gasteiger partial charge in [-0.15, -0.1) is 0 Å². The second kappa shape index (κ2) is 7.17. The van der Waals surface area contributed by atoms with Gasteiger partial charge in [-0.3, -0.25) is 0 Å². The number of hydrogen-bond donors (Lipinski definition) is 0. The van der Waals surface area contributed by atoms with Gasteiger partial charge in [-0.25, -0.2) is 4.79 Å². The van der Waals surface area contributed by atoms with Gasteiger partial charge >= 0.3 is 5.63 Å². The molecular weight excluding hydrogens is 360 g/mol. The Hall–Kier alpha value is -2.47. The van der Waals surface area contributed by atoms with Crippen LogP contribution in [0.15, 0.2) is 27.4 Å².